The van der Waals surface area contributed by atoms with Crippen LogP contribution in [0.3, 0.4) is 0 Å². The third kappa shape index (κ3) is 3.33. The van der Waals surface area contributed by atoms with E-state index in [1.54, 1.807) is 31.0 Å². The number of carbonyl (C=O) groups excluding carboxylic acids is 1. The molecule has 0 bridgehead atoms. The quantitative estimate of drug-likeness (QED) is 0.491. The largest absolute Gasteiger partial charge is 0.381 e. The summed E-state index contributed by atoms with van der Waals surface area (Å²) in [6, 6.07) is 3.70. The van der Waals surface area contributed by atoms with Crippen molar-refractivity contribution in [1.82, 2.24) is 29.3 Å². The van der Waals surface area contributed by atoms with Crippen LogP contribution in [0, 0.1) is 0 Å². The van der Waals surface area contributed by atoms with Gasteiger partial charge in [0.05, 0.1) is 22.8 Å². The van der Waals surface area contributed by atoms with Gasteiger partial charge in [0.1, 0.15) is 17.7 Å². The van der Waals surface area contributed by atoms with E-state index in [9.17, 15) is 4.79 Å². The van der Waals surface area contributed by atoms with Crippen molar-refractivity contribution in [3.05, 3.63) is 53.2 Å². The molecule has 1 saturated heterocycles. The van der Waals surface area contributed by atoms with E-state index in [0.717, 1.165) is 36.3 Å². The maximum Gasteiger partial charge on any atom is 0.259 e. The molecular weight excluding hydrogens is 428 g/mol. The third-order valence-corrected chi connectivity index (χ3v) is 6.49. The number of carbonyl (C=O) groups is 1. The minimum Gasteiger partial charge on any atom is -0.381 e. The molecule has 5 heterocycles. The molecule has 1 fully saturated rings. The summed E-state index contributed by atoms with van der Waals surface area (Å²) in [6.45, 7) is 5.11. The Morgan fingerprint density at radius 2 is 2.22 bits per heavy atom. The summed E-state index contributed by atoms with van der Waals surface area (Å²) in [6.07, 6.45) is 10.3. The fraction of sp³-hybridized carbons (Fsp3) is 0.364. The van der Waals surface area contributed by atoms with Crippen LogP contribution in [0.5, 0.6) is 0 Å². The highest BCUT2D eigenvalue weighted by Crippen LogP contribution is 2.36. The van der Waals surface area contributed by atoms with Gasteiger partial charge in [-0.1, -0.05) is 11.6 Å². The van der Waals surface area contributed by atoms with Gasteiger partial charge in [-0.15, -0.1) is 5.10 Å². The molecule has 0 aromatic carbocycles. The zero-order chi connectivity index (χ0) is 22.4. The summed E-state index contributed by atoms with van der Waals surface area (Å²) in [5.74, 6) is 0.817. The number of rotatable bonds is 4. The fourth-order valence-corrected chi connectivity index (χ4v) is 4.82. The molecule has 4 aromatic heterocycles. The van der Waals surface area contributed by atoms with Crippen LogP contribution >= 0.6 is 11.6 Å². The Labute approximate surface area is 190 Å². The Morgan fingerprint density at radius 3 is 3.03 bits per heavy atom. The highest BCUT2D eigenvalue weighted by atomic mass is 35.5. The van der Waals surface area contributed by atoms with Gasteiger partial charge in [0, 0.05) is 30.5 Å². The third-order valence-electron chi connectivity index (χ3n) is 6.19. The second kappa shape index (κ2) is 7.98. The molecule has 0 saturated carbocycles. The number of nitrogens with zero attached hydrogens (tertiary/aromatic N) is 6. The van der Waals surface area contributed by atoms with Crippen LogP contribution in [0.1, 0.15) is 55.1 Å². The van der Waals surface area contributed by atoms with E-state index in [1.165, 1.54) is 10.9 Å². The van der Waals surface area contributed by atoms with Crippen molar-refractivity contribution in [2.75, 3.05) is 17.2 Å². The maximum atomic E-state index is 13.2. The van der Waals surface area contributed by atoms with E-state index in [1.807, 2.05) is 17.4 Å². The molecule has 1 aliphatic heterocycles. The Bertz CT molecular complexity index is 1310. The molecular formula is C22H25ClN8O. The van der Waals surface area contributed by atoms with Crippen LogP contribution in [0.4, 0.5) is 11.6 Å². The zero-order valence-electron chi connectivity index (χ0n) is 18.0. The monoisotopic (exact) mass is 452 g/mol. The van der Waals surface area contributed by atoms with E-state index >= 15 is 0 Å². The number of anilines is 2. The average molecular weight is 453 g/mol. The Kier molecular flexibility index (Phi) is 5.13. The summed E-state index contributed by atoms with van der Waals surface area (Å²) in [5, 5.41) is 7.86. The second-order valence-electron chi connectivity index (χ2n) is 8.30. The van der Waals surface area contributed by atoms with Crippen LogP contribution in [-0.4, -0.2) is 42.5 Å². The highest BCUT2D eigenvalue weighted by molar-refractivity contribution is 6.34. The van der Waals surface area contributed by atoms with E-state index < -0.39 is 0 Å². The van der Waals surface area contributed by atoms with Gasteiger partial charge in [-0.3, -0.25) is 9.20 Å². The number of fused-ring (bicyclic) bond motifs is 2. The van der Waals surface area contributed by atoms with E-state index in [-0.39, 0.29) is 23.3 Å². The summed E-state index contributed by atoms with van der Waals surface area (Å²) < 4.78 is 3.53. The van der Waals surface area contributed by atoms with Crippen LogP contribution in [0.25, 0.3) is 11.2 Å². The maximum absolute atomic E-state index is 13.2. The van der Waals surface area contributed by atoms with E-state index in [0.29, 0.717) is 16.7 Å². The van der Waals surface area contributed by atoms with Gasteiger partial charge in [0.25, 0.3) is 5.91 Å². The van der Waals surface area contributed by atoms with Gasteiger partial charge in [-0.05, 0) is 45.2 Å². The number of imidazole rings is 1. The van der Waals surface area contributed by atoms with Crippen LogP contribution in [0.2, 0.25) is 5.02 Å². The molecule has 1 aliphatic rings. The standard InChI is InChI=1S/C22H25ClN8O/c1-13-6-3-4-8-29(13)22-15(10-16(23)17-11-25-12-30(17)22)14(2)27-21(32)18-19(24)28-31-9-5-7-26-20(18)31/h5,7,9-14H,3-4,6,8H2,1-2H3,(H2,24,28)(H,27,32)/t13-,14?/m0/s1. The number of hydrogen-bond donors (Lipinski definition) is 2. The fourth-order valence-electron chi connectivity index (χ4n) is 4.56. The molecule has 2 atom stereocenters. The first-order valence-corrected chi connectivity index (χ1v) is 11.1. The second-order valence-corrected chi connectivity index (χ2v) is 8.71. The predicted octanol–water partition coefficient (Wildman–Crippen LogP) is 3.48. The topological polar surface area (TPSA) is 106 Å². The number of aromatic nitrogens is 5. The van der Waals surface area contributed by atoms with Gasteiger partial charge in [-0.25, -0.2) is 14.5 Å². The summed E-state index contributed by atoms with van der Waals surface area (Å²) in [5.41, 5.74) is 8.49. The number of piperidine rings is 1. The number of hydrogen-bond acceptors (Lipinski definition) is 6. The van der Waals surface area contributed by atoms with Crippen molar-refractivity contribution in [1.29, 1.82) is 0 Å². The minimum atomic E-state index is -0.339. The molecule has 4 aromatic rings. The molecule has 32 heavy (non-hydrogen) atoms. The first-order chi connectivity index (χ1) is 15.5. The summed E-state index contributed by atoms with van der Waals surface area (Å²) in [4.78, 5) is 24.2. The molecule has 5 rings (SSSR count). The van der Waals surface area contributed by atoms with Crippen molar-refractivity contribution >= 4 is 40.3 Å². The van der Waals surface area contributed by atoms with Crippen molar-refractivity contribution < 1.29 is 4.79 Å². The van der Waals surface area contributed by atoms with Gasteiger partial charge in [-0.2, -0.15) is 0 Å². The smallest absolute Gasteiger partial charge is 0.259 e. The Hall–Kier alpha value is -3.33. The first-order valence-electron chi connectivity index (χ1n) is 10.8. The van der Waals surface area contributed by atoms with Gasteiger partial charge in [0.15, 0.2) is 11.5 Å². The molecule has 0 aliphatic carbocycles. The number of nitrogens with two attached hydrogens (primary N) is 1. The lowest BCUT2D eigenvalue weighted by molar-refractivity contribution is 0.0942. The normalized spacial score (nSPS) is 17.7. The van der Waals surface area contributed by atoms with E-state index in [2.05, 4.69) is 32.2 Å². The molecule has 0 spiro atoms. The van der Waals surface area contributed by atoms with Gasteiger partial charge < -0.3 is 16.0 Å². The van der Waals surface area contributed by atoms with Crippen LogP contribution in [-0.2, 0) is 0 Å². The number of pyridine rings is 1. The molecule has 0 radical (unpaired) electrons. The summed E-state index contributed by atoms with van der Waals surface area (Å²) in [7, 11) is 0. The molecule has 166 valence electrons. The number of halogens is 1. The lowest BCUT2D eigenvalue weighted by Crippen LogP contribution is -2.40. The number of amides is 1. The van der Waals surface area contributed by atoms with E-state index in [4.69, 9.17) is 17.3 Å². The van der Waals surface area contributed by atoms with Gasteiger partial charge >= 0.3 is 0 Å². The average Bonchev–Trinajstić information content (AvgIpc) is 3.38. The first kappa shape index (κ1) is 20.6. The molecule has 9 nitrogen and oxygen atoms in total. The predicted molar refractivity (Wildman–Crippen MR) is 124 cm³/mol. The lowest BCUT2D eigenvalue weighted by atomic mass is 10.0. The van der Waals surface area contributed by atoms with Crippen LogP contribution < -0.4 is 16.0 Å². The van der Waals surface area contributed by atoms with Crippen molar-refractivity contribution in [3.63, 3.8) is 0 Å². The SMILES string of the molecule is CC(NC(=O)c1c(N)nn2cccnc12)c1cc(Cl)c2cncn2c1N1CCCC[C@@H]1C. The Balaban J connectivity index is 1.56. The number of nitrogens with one attached hydrogen (secondary N) is 1. The Morgan fingerprint density at radius 1 is 1.38 bits per heavy atom. The summed E-state index contributed by atoms with van der Waals surface area (Å²) >= 11 is 6.60. The molecule has 10 heteroatoms. The lowest BCUT2D eigenvalue weighted by Gasteiger charge is -2.38. The molecule has 1 amide bonds. The molecule has 3 N–H and O–H groups in total. The van der Waals surface area contributed by atoms with Crippen molar-refractivity contribution in [2.24, 2.45) is 0 Å². The molecule has 1 unspecified atom stereocenters. The van der Waals surface area contributed by atoms with Gasteiger partial charge in [0.2, 0.25) is 0 Å². The zero-order valence-corrected chi connectivity index (χ0v) is 18.8. The van der Waals surface area contributed by atoms with Crippen molar-refractivity contribution in [2.45, 2.75) is 45.2 Å². The van der Waals surface area contributed by atoms with Crippen molar-refractivity contribution in [3.8, 4) is 0 Å². The number of nitrogen functional groups attached to an aromatic ring is 1. The van der Waals surface area contributed by atoms with Crippen LogP contribution in [0.15, 0.2) is 37.1 Å². The highest BCUT2D eigenvalue weighted by Gasteiger charge is 2.28. The minimum absolute atomic E-state index is 0.140.